The minimum Gasteiger partial charge on any atom is -0.494 e. The summed E-state index contributed by atoms with van der Waals surface area (Å²) in [5.74, 6) is 0.600. The maximum Gasteiger partial charge on any atom is 0.346 e. The van der Waals surface area contributed by atoms with Gasteiger partial charge in [0.1, 0.15) is 16.2 Å². The van der Waals surface area contributed by atoms with Gasteiger partial charge in [0.2, 0.25) is 0 Å². The average Bonchev–Trinajstić information content (AvgIpc) is 2.88. The highest BCUT2D eigenvalue weighted by molar-refractivity contribution is 8.01. The molecular weight excluding hydrogens is 504 g/mol. The maximum atomic E-state index is 12.1. The fraction of sp³-hybridized carbons (Fsp3) is 0.643. The number of unbranched alkanes of at least 4 members (excludes halogenated alkanes) is 5. The molecule has 0 spiro atoms. The van der Waals surface area contributed by atoms with Crippen LogP contribution < -0.4 is 21.3 Å². The molecule has 0 fully saturated rings. The lowest BCUT2D eigenvalue weighted by Gasteiger charge is -2.21. The number of ether oxygens (including phenoxy) is 2. The van der Waals surface area contributed by atoms with Crippen LogP contribution >= 0.6 is 11.8 Å². The molecule has 0 saturated heterocycles. The number of hydrogen-bond acceptors (Lipinski definition) is 8. The molecule has 1 aromatic heterocycles. The topological polar surface area (TPSA) is 104 Å². The second kappa shape index (κ2) is 16.4. The van der Waals surface area contributed by atoms with Crippen molar-refractivity contribution in [2.75, 3.05) is 26.3 Å². The summed E-state index contributed by atoms with van der Waals surface area (Å²) < 4.78 is 12.8. The van der Waals surface area contributed by atoms with Crippen molar-refractivity contribution in [1.29, 1.82) is 0 Å². The molecule has 0 amide bonds. The van der Waals surface area contributed by atoms with Crippen LogP contribution in [0.2, 0.25) is 0 Å². The van der Waals surface area contributed by atoms with Crippen molar-refractivity contribution < 1.29 is 14.3 Å². The minimum absolute atomic E-state index is 0.215. The summed E-state index contributed by atoms with van der Waals surface area (Å²) in [5.41, 5.74) is -0.216. The second-order valence-corrected chi connectivity index (χ2v) is 11.5. The Labute approximate surface area is 230 Å². The van der Waals surface area contributed by atoms with E-state index in [-0.39, 0.29) is 11.5 Å². The smallest absolute Gasteiger partial charge is 0.346 e. The molecule has 10 heteroatoms. The molecule has 1 heterocycles. The molecule has 0 bridgehead atoms. The summed E-state index contributed by atoms with van der Waals surface area (Å²) in [6.07, 6.45) is 7.97. The van der Waals surface area contributed by atoms with Gasteiger partial charge in [-0.25, -0.2) is 9.48 Å². The zero-order valence-electron chi connectivity index (χ0n) is 23.6. The van der Waals surface area contributed by atoms with Gasteiger partial charge in [-0.2, -0.15) is 5.10 Å². The number of esters is 1. The van der Waals surface area contributed by atoms with Gasteiger partial charge in [-0.3, -0.25) is 14.2 Å². The Bertz CT molecular complexity index is 1130. The number of hydrogen-bond donors (Lipinski definition) is 1. The zero-order chi connectivity index (χ0) is 28.0. The summed E-state index contributed by atoms with van der Waals surface area (Å²) in [6.45, 7) is 8.56. The maximum absolute atomic E-state index is 12.1. The number of nitrogens with zero attached hydrogens (tertiary/aromatic N) is 3. The number of nitrogens with one attached hydrogen (secondary N) is 1. The Hall–Kier alpha value is -2.59. The number of thioether (sulfide) groups is 1. The third kappa shape index (κ3) is 10.6. The van der Waals surface area contributed by atoms with E-state index in [1.165, 1.54) is 23.5 Å². The van der Waals surface area contributed by atoms with Gasteiger partial charge in [-0.1, -0.05) is 25.3 Å². The summed E-state index contributed by atoms with van der Waals surface area (Å²) in [6, 6.07) is 7.85. The van der Waals surface area contributed by atoms with Gasteiger partial charge in [0.15, 0.2) is 0 Å². The van der Waals surface area contributed by atoms with Crippen LogP contribution in [-0.4, -0.2) is 51.4 Å². The highest BCUT2D eigenvalue weighted by Gasteiger charge is 2.30. The van der Waals surface area contributed by atoms with Crippen LogP contribution in [0.3, 0.4) is 0 Å². The molecule has 9 nitrogen and oxygen atoms in total. The first-order valence-electron chi connectivity index (χ1n) is 13.6. The van der Waals surface area contributed by atoms with E-state index >= 15 is 0 Å². The molecule has 1 aromatic carbocycles. The predicted octanol–water partition coefficient (Wildman–Crippen LogP) is 3.85. The predicted molar refractivity (Wildman–Crippen MR) is 152 cm³/mol. The summed E-state index contributed by atoms with van der Waals surface area (Å²) in [7, 11) is 3.06. The number of carbonyl (C=O) groups is 1. The molecule has 0 atom stereocenters. The van der Waals surface area contributed by atoms with Crippen LogP contribution in [0.15, 0.2) is 38.8 Å². The normalized spacial score (nSPS) is 11.5. The first kappa shape index (κ1) is 31.6. The molecule has 0 aliphatic heterocycles. The standard InChI is InChI=1S/C28H44N4O5S/c1-6-36-26(34)28(2,3)38-23-16-14-15-22(21-23)37-20-13-12-19-29-18-11-9-7-8-10-17-24-25(33)31(4)27(35)32(5)30-24/h14-16,21,29H,6-13,17-20H2,1-5H3. The van der Waals surface area contributed by atoms with Gasteiger partial charge in [-0.05, 0) is 84.2 Å². The first-order valence-corrected chi connectivity index (χ1v) is 14.4. The van der Waals surface area contributed by atoms with Gasteiger partial charge in [0, 0.05) is 19.0 Å². The lowest BCUT2D eigenvalue weighted by Crippen LogP contribution is -2.40. The van der Waals surface area contributed by atoms with Crippen LogP contribution in [0.25, 0.3) is 0 Å². The van der Waals surface area contributed by atoms with Gasteiger partial charge >= 0.3 is 11.7 Å². The van der Waals surface area contributed by atoms with Crippen molar-refractivity contribution in [2.24, 2.45) is 14.1 Å². The third-order valence-electron chi connectivity index (χ3n) is 6.12. The molecule has 0 radical (unpaired) electrons. The van der Waals surface area contributed by atoms with E-state index in [1.54, 1.807) is 7.05 Å². The second-order valence-electron chi connectivity index (χ2n) is 9.85. The number of benzene rings is 1. The van der Waals surface area contributed by atoms with Crippen molar-refractivity contribution in [2.45, 2.75) is 81.8 Å². The first-order chi connectivity index (χ1) is 18.2. The lowest BCUT2D eigenvalue weighted by molar-refractivity contribution is -0.145. The number of carbonyl (C=O) groups excluding carboxylic acids is 1. The monoisotopic (exact) mass is 548 g/mol. The molecule has 1 N–H and O–H groups in total. The molecular formula is C28H44N4O5S. The van der Waals surface area contributed by atoms with Crippen LogP contribution in [0.4, 0.5) is 0 Å². The van der Waals surface area contributed by atoms with Gasteiger partial charge in [0.05, 0.1) is 13.2 Å². The molecule has 0 aliphatic carbocycles. The molecule has 0 saturated carbocycles. The van der Waals surface area contributed by atoms with E-state index in [0.717, 1.165) is 73.2 Å². The van der Waals surface area contributed by atoms with E-state index in [1.807, 2.05) is 45.0 Å². The Balaban J connectivity index is 1.50. The molecule has 2 rings (SSSR count). The van der Waals surface area contributed by atoms with Crippen LogP contribution in [0, 0.1) is 0 Å². The van der Waals surface area contributed by atoms with Gasteiger partial charge in [0.25, 0.3) is 5.56 Å². The number of aryl methyl sites for hydroxylation is 2. The van der Waals surface area contributed by atoms with Crippen molar-refractivity contribution in [3.63, 3.8) is 0 Å². The van der Waals surface area contributed by atoms with Crippen molar-refractivity contribution in [1.82, 2.24) is 19.7 Å². The number of aromatic nitrogens is 3. The van der Waals surface area contributed by atoms with Crippen LogP contribution in [0.1, 0.15) is 71.4 Å². The molecule has 2 aromatic rings. The van der Waals surface area contributed by atoms with Crippen molar-refractivity contribution in [3.05, 3.63) is 50.8 Å². The zero-order valence-corrected chi connectivity index (χ0v) is 24.4. The summed E-state index contributed by atoms with van der Waals surface area (Å²) in [5, 5.41) is 7.60. The van der Waals surface area contributed by atoms with Gasteiger partial charge < -0.3 is 14.8 Å². The van der Waals surface area contributed by atoms with Crippen molar-refractivity contribution in [3.8, 4) is 5.75 Å². The highest BCUT2D eigenvalue weighted by atomic mass is 32.2. The molecule has 0 unspecified atom stereocenters. The Morgan fingerprint density at radius 1 is 1.03 bits per heavy atom. The molecule has 38 heavy (non-hydrogen) atoms. The largest absolute Gasteiger partial charge is 0.494 e. The SMILES string of the molecule is CCOC(=O)C(C)(C)Sc1cccc(OCCCCNCCCCCCCc2nn(C)c(=O)n(C)c2=O)c1. The highest BCUT2D eigenvalue weighted by Crippen LogP contribution is 2.35. The Morgan fingerprint density at radius 2 is 1.71 bits per heavy atom. The lowest BCUT2D eigenvalue weighted by atomic mass is 10.1. The van der Waals surface area contributed by atoms with E-state index in [9.17, 15) is 14.4 Å². The quantitative estimate of drug-likeness (QED) is 0.170. The van der Waals surface area contributed by atoms with E-state index < -0.39 is 10.4 Å². The summed E-state index contributed by atoms with van der Waals surface area (Å²) >= 11 is 1.48. The number of rotatable bonds is 18. The Morgan fingerprint density at radius 3 is 2.45 bits per heavy atom. The average molecular weight is 549 g/mol. The Kier molecular flexibility index (Phi) is 13.6. The van der Waals surface area contributed by atoms with E-state index in [4.69, 9.17) is 9.47 Å². The van der Waals surface area contributed by atoms with Crippen molar-refractivity contribution >= 4 is 17.7 Å². The van der Waals surface area contributed by atoms with Crippen LogP contribution in [0.5, 0.6) is 5.75 Å². The van der Waals surface area contributed by atoms with E-state index in [2.05, 4.69) is 10.4 Å². The third-order valence-corrected chi connectivity index (χ3v) is 7.28. The fourth-order valence-electron chi connectivity index (χ4n) is 3.93. The van der Waals surface area contributed by atoms with E-state index in [0.29, 0.717) is 25.3 Å². The minimum atomic E-state index is -0.651. The molecule has 0 aliphatic rings. The molecule has 212 valence electrons. The van der Waals surface area contributed by atoms with Gasteiger partial charge in [-0.15, -0.1) is 11.8 Å². The fourth-order valence-corrected chi connectivity index (χ4v) is 4.98. The summed E-state index contributed by atoms with van der Waals surface area (Å²) in [4.78, 5) is 36.9. The van der Waals surface area contributed by atoms with Crippen LogP contribution in [-0.2, 0) is 30.0 Å².